The maximum Gasteiger partial charge on any atom is 0.243 e. The van der Waals surface area contributed by atoms with E-state index >= 15 is 0 Å². The number of anilines is 1. The van der Waals surface area contributed by atoms with Gasteiger partial charge in [-0.3, -0.25) is 9.59 Å². The molecule has 84 valence electrons. The highest BCUT2D eigenvalue weighted by atomic mass is 32.2. The van der Waals surface area contributed by atoms with Crippen molar-refractivity contribution in [2.75, 3.05) is 16.4 Å². The predicted octanol–water partition coefficient (Wildman–Crippen LogP) is 1.14. The summed E-state index contributed by atoms with van der Waals surface area (Å²) in [7, 11) is 0. The second-order valence-corrected chi connectivity index (χ2v) is 4.24. The lowest BCUT2D eigenvalue weighted by Crippen LogP contribution is -2.43. The quantitative estimate of drug-likeness (QED) is 0.749. The van der Waals surface area contributed by atoms with Crippen molar-refractivity contribution in [1.29, 1.82) is 0 Å². The summed E-state index contributed by atoms with van der Waals surface area (Å²) in [6.45, 7) is 0. The van der Waals surface area contributed by atoms with Crippen LogP contribution in [0.4, 0.5) is 10.1 Å². The lowest BCUT2D eigenvalue weighted by Gasteiger charge is -2.24. The molecule has 1 aliphatic rings. The first kappa shape index (κ1) is 10.9. The highest BCUT2D eigenvalue weighted by molar-refractivity contribution is 8.00. The lowest BCUT2D eigenvalue weighted by molar-refractivity contribution is -0.124. The minimum Gasteiger partial charge on any atom is -0.508 e. The number of phenolic OH excluding ortho intramolecular Hbond substituents is 1. The Morgan fingerprint density at radius 3 is 2.44 bits per heavy atom. The topological polar surface area (TPSA) is 57.6 Å². The van der Waals surface area contributed by atoms with Crippen molar-refractivity contribution in [3.05, 3.63) is 24.0 Å². The zero-order valence-corrected chi connectivity index (χ0v) is 8.96. The van der Waals surface area contributed by atoms with E-state index < -0.39 is 17.6 Å². The standard InChI is InChI=1S/C10H8FNO3S/c11-7-3-6(13)1-2-8(7)12-9(14)4-16-5-10(12)15/h1-3,13H,4-5H2. The fourth-order valence-electron chi connectivity index (χ4n) is 1.44. The largest absolute Gasteiger partial charge is 0.508 e. The van der Waals surface area contributed by atoms with Crippen molar-refractivity contribution in [2.24, 2.45) is 0 Å². The van der Waals surface area contributed by atoms with E-state index in [2.05, 4.69) is 0 Å². The highest BCUT2D eigenvalue weighted by Crippen LogP contribution is 2.26. The van der Waals surface area contributed by atoms with Gasteiger partial charge in [0.2, 0.25) is 11.8 Å². The fourth-order valence-corrected chi connectivity index (χ4v) is 2.15. The van der Waals surface area contributed by atoms with Gasteiger partial charge in [-0.05, 0) is 12.1 Å². The number of imide groups is 1. The van der Waals surface area contributed by atoms with Gasteiger partial charge in [-0.15, -0.1) is 11.8 Å². The molecule has 1 aromatic carbocycles. The van der Waals surface area contributed by atoms with E-state index in [1.807, 2.05) is 0 Å². The molecule has 0 aromatic heterocycles. The van der Waals surface area contributed by atoms with Crippen molar-refractivity contribution in [1.82, 2.24) is 0 Å². The Bertz CT molecular complexity index is 447. The van der Waals surface area contributed by atoms with Crippen LogP contribution >= 0.6 is 11.8 Å². The Hall–Kier alpha value is -1.56. The molecule has 1 heterocycles. The van der Waals surface area contributed by atoms with E-state index in [4.69, 9.17) is 5.11 Å². The molecule has 0 atom stereocenters. The molecule has 0 radical (unpaired) electrons. The van der Waals surface area contributed by atoms with Gasteiger partial charge >= 0.3 is 0 Å². The zero-order chi connectivity index (χ0) is 11.7. The van der Waals surface area contributed by atoms with Crippen molar-refractivity contribution in [3.8, 4) is 5.75 Å². The number of nitrogens with zero attached hydrogens (tertiary/aromatic N) is 1. The van der Waals surface area contributed by atoms with Crippen LogP contribution in [-0.4, -0.2) is 28.4 Å². The number of amides is 2. The third-order valence-electron chi connectivity index (χ3n) is 2.12. The van der Waals surface area contributed by atoms with Gasteiger partial charge in [0.1, 0.15) is 5.75 Å². The number of thioether (sulfide) groups is 1. The van der Waals surface area contributed by atoms with E-state index in [1.165, 1.54) is 23.9 Å². The monoisotopic (exact) mass is 241 g/mol. The Balaban J connectivity index is 2.42. The molecular weight excluding hydrogens is 233 g/mol. The minimum absolute atomic E-state index is 0.104. The summed E-state index contributed by atoms with van der Waals surface area (Å²) in [5, 5.41) is 9.04. The molecule has 4 nitrogen and oxygen atoms in total. The molecule has 0 aliphatic carbocycles. The molecule has 2 rings (SSSR count). The van der Waals surface area contributed by atoms with Crippen LogP contribution in [0.2, 0.25) is 0 Å². The van der Waals surface area contributed by atoms with Crippen molar-refractivity contribution < 1.29 is 19.1 Å². The number of hydrogen-bond acceptors (Lipinski definition) is 4. The molecule has 0 unspecified atom stereocenters. The third kappa shape index (κ3) is 1.88. The van der Waals surface area contributed by atoms with Gasteiger partial charge in [-0.1, -0.05) is 0 Å². The Labute approximate surface area is 95.1 Å². The maximum atomic E-state index is 13.5. The summed E-state index contributed by atoms with van der Waals surface area (Å²) in [6, 6.07) is 3.33. The van der Waals surface area contributed by atoms with Crippen LogP contribution in [-0.2, 0) is 9.59 Å². The summed E-state index contributed by atoms with van der Waals surface area (Å²) in [4.78, 5) is 23.8. The van der Waals surface area contributed by atoms with Crippen LogP contribution in [0.1, 0.15) is 0 Å². The molecule has 0 saturated carbocycles. The van der Waals surface area contributed by atoms with Gasteiger partial charge in [0, 0.05) is 6.07 Å². The van der Waals surface area contributed by atoms with Crippen LogP contribution in [0.5, 0.6) is 5.75 Å². The molecule has 1 aromatic rings. The van der Waals surface area contributed by atoms with Crippen LogP contribution in [0, 0.1) is 5.82 Å². The van der Waals surface area contributed by atoms with Crippen molar-refractivity contribution in [3.63, 3.8) is 0 Å². The Kier molecular flexibility index (Phi) is 2.82. The molecule has 0 spiro atoms. The SMILES string of the molecule is O=C1CSCC(=O)N1c1ccc(O)cc1F. The molecule has 2 amide bonds. The average molecular weight is 241 g/mol. The third-order valence-corrected chi connectivity index (χ3v) is 3.02. The molecular formula is C10H8FNO3S. The van der Waals surface area contributed by atoms with E-state index in [0.717, 1.165) is 11.0 Å². The number of rotatable bonds is 1. The van der Waals surface area contributed by atoms with Crippen LogP contribution in [0.15, 0.2) is 18.2 Å². The second-order valence-electron chi connectivity index (χ2n) is 3.25. The van der Waals surface area contributed by atoms with Crippen LogP contribution in [0.25, 0.3) is 0 Å². The highest BCUT2D eigenvalue weighted by Gasteiger charge is 2.29. The summed E-state index contributed by atoms with van der Waals surface area (Å²) in [5.74, 6) is -1.59. The van der Waals surface area contributed by atoms with E-state index in [-0.39, 0.29) is 22.9 Å². The summed E-state index contributed by atoms with van der Waals surface area (Å²) in [5.41, 5.74) is -0.104. The number of benzene rings is 1. The molecule has 1 N–H and O–H groups in total. The summed E-state index contributed by atoms with van der Waals surface area (Å²) >= 11 is 1.21. The van der Waals surface area contributed by atoms with E-state index in [9.17, 15) is 14.0 Å². The van der Waals surface area contributed by atoms with Gasteiger partial charge < -0.3 is 5.11 Å². The number of phenols is 1. The van der Waals surface area contributed by atoms with Crippen molar-refractivity contribution >= 4 is 29.3 Å². The predicted molar refractivity (Wildman–Crippen MR) is 57.9 cm³/mol. The average Bonchev–Trinajstić information content (AvgIpc) is 2.20. The molecule has 16 heavy (non-hydrogen) atoms. The molecule has 1 aliphatic heterocycles. The molecule has 1 fully saturated rings. The van der Waals surface area contributed by atoms with Gasteiger partial charge in [0.25, 0.3) is 0 Å². The first-order chi connectivity index (χ1) is 7.59. The van der Waals surface area contributed by atoms with Crippen molar-refractivity contribution in [2.45, 2.75) is 0 Å². The minimum atomic E-state index is -0.784. The first-order valence-electron chi connectivity index (χ1n) is 4.51. The van der Waals surface area contributed by atoms with E-state index in [1.54, 1.807) is 0 Å². The second kappa shape index (κ2) is 4.13. The Morgan fingerprint density at radius 1 is 1.25 bits per heavy atom. The number of halogens is 1. The van der Waals surface area contributed by atoms with Crippen LogP contribution in [0.3, 0.4) is 0 Å². The van der Waals surface area contributed by atoms with Gasteiger partial charge in [-0.25, -0.2) is 9.29 Å². The van der Waals surface area contributed by atoms with Crippen LogP contribution < -0.4 is 4.90 Å². The molecule has 0 bridgehead atoms. The number of aromatic hydroxyl groups is 1. The van der Waals surface area contributed by atoms with Gasteiger partial charge in [0.05, 0.1) is 17.2 Å². The zero-order valence-electron chi connectivity index (χ0n) is 8.14. The van der Waals surface area contributed by atoms with Gasteiger partial charge in [0.15, 0.2) is 5.82 Å². The molecule has 6 heteroatoms. The first-order valence-corrected chi connectivity index (χ1v) is 5.67. The summed E-state index contributed by atoms with van der Waals surface area (Å²) in [6.07, 6.45) is 0. The fraction of sp³-hybridized carbons (Fsp3) is 0.200. The number of hydrogen-bond donors (Lipinski definition) is 1. The van der Waals surface area contributed by atoms with E-state index in [0.29, 0.717) is 0 Å². The smallest absolute Gasteiger partial charge is 0.243 e. The maximum absolute atomic E-state index is 13.5. The molecule has 1 saturated heterocycles. The van der Waals surface area contributed by atoms with Gasteiger partial charge in [-0.2, -0.15) is 0 Å². The summed E-state index contributed by atoms with van der Waals surface area (Å²) < 4.78 is 13.5. The lowest BCUT2D eigenvalue weighted by atomic mass is 10.2. The number of carbonyl (C=O) groups is 2. The normalized spacial score (nSPS) is 16.7. The Morgan fingerprint density at radius 2 is 1.88 bits per heavy atom. The number of carbonyl (C=O) groups excluding carboxylic acids is 2.